The molecule has 1 unspecified atom stereocenters. The molecule has 0 spiro atoms. The van der Waals surface area contributed by atoms with Crippen molar-refractivity contribution in [2.45, 2.75) is 12.5 Å². The van der Waals surface area contributed by atoms with Crippen molar-refractivity contribution in [1.29, 1.82) is 0 Å². The van der Waals surface area contributed by atoms with Crippen LogP contribution in [0.1, 0.15) is 18.0 Å². The molecule has 3 aromatic carbocycles. The summed E-state index contributed by atoms with van der Waals surface area (Å²) in [4.78, 5) is 3.65. The lowest BCUT2D eigenvalue weighted by Crippen LogP contribution is -2.30. The number of nitrogens with one attached hydrogen (secondary N) is 1. The number of hydrogen-bond acceptors (Lipinski definition) is 3. The Morgan fingerprint density at radius 2 is 1.50 bits per heavy atom. The van der Waals surface area contributed by atoms with E-state index in [4.69, 9.17) is 0 Å². The number of nitrogens with zero attached hydrogens (tertiary/aromatic N) is 2. The summed E-state index contributed by atoms with van der Waals surface area (Å²) in [5.41, 5.74) is 2.59. The molecule has 0 saturated carbocycles. The second-order valence-electron chi connectivity index (χ2n) is 6.77. The van der Waals surface area contributed by atoms with Gasteiger partial charge in [-0.2, -0.15) is 0 Å². The Labute approximate surface area is 164 Å². The van der Waals surface area contributed by atoms with E-state index in [9.17, 15) is 8.78 Å². The van der Waals surface area contributed by atoms with Crippen molar-refractivity contribution in [1.82, 2.24) is 5.32 Å². The number of halogens is 2. The van der Waals surface area contributed by atoms with Crippen LogP contribution in [0, 0.1) is 18.3 Å². The number of rotatable bonds is 6. The standard InChI is InChI=1S/C23H22F2N3/c1-26-15-14-20(17-8-3-2-4-9-17)28-16-27(21-12-6-5-10-18(21)24)22-13-7-11-19(25)23(22)28/h2-13,16,20,26H,14-15H2,1H3. The van der Waals surface area contributed by atoms with Crippen LogP contribution >= 0.6 is 0 Å². The van der Waals surface area contributed by atoms with Crippen molar-refractivity contribution in [3.63, 3.8) is 0 Å². The molecular formula is C23H22F2N3. The molecule has 5 heteroatoms. The van der Waals surface area contributed by atoms with Gasteiger partial charge in [0.25, 0.3) is 0 Å². The molecule has 0 amide bonds. The van der Waals surface area contributed by atoms with E-state index in [-0.39, 0.29) is 17.7 Å². The van der Waals surface area contributed by atoms with E-state index in [1.54, 1.807) is 35.8 Å². The fourth-order valence-electron chi connectivity index (χ4n) is 3.70. The fraction of sp³-hybridized carbons (Fsp3) is 0.174. The number of anilines is 3. The van der Waals surface area contributed by atoms with E-state index >= 15 is 0 Å². The molecule has 1 heterocycles. The molecular weight excluding hydrogens is 356 g/mol. The first-order valence-corrected chi connectivity index (χ1v) is 9.36. The van der Waals surface area contributed by atoms with Crippen molar-refractivity contribution in [3.8, 4) is 0 Å². The summed E-state index contributed by atoms with van der Waals surface area (Å²) >= 11 is 0. The van der Waals surface area contributed by atoms with Crippen molar-refractivity contribution >= 4 is 17.1 Å². The molecule has 0 aliphatic carbocycles. The maximum atomic E-state index is 14.9. The van der Waals surface area contributed by atoms with Crippen LogP contribution in [0.5, 0.6) is 0 Å². The normalized spacial score (nSPS) is 14.2. The Balaban J connectivity index is 1.80. The second-order valence-corrected chi connectivity index (χ2v) is 6.77. The maximum absolute atomic E-state index is 14.9. The van der Waals surface area contributed by atoms with E-state index < -0.39 is 0 Å². The van der Waals surface area contributed by atoms with Crippen LogP contribution in [0.2, 0.25) is 0 Å². The van der Waals surface area contributed by atoms with Crippen molar-refractivity contribution in [3.05, 3.63) is 96.7 Å². The summed E-state index contributed by atoms with van der Waals surface area (Å²) in [5, 5.41) is 3.17. The number of hydrogen-bond donors (Lipinski definition) is 1. The second kappa shape index (κ2) is 7.98. The van der Waals surface area contributed by atoms with Crippen LogP contribution < -0.4 is 15.1 Å². The zero-order chi connectivity index (χ0) is 19.5. The first-order chi connectivity index (χ1) is 13.7. The van der Waals surface area contributed by atoms with Crippen LogP contribution in [0.4, 0.5) is 25.8 Å². The number of benzene rings is 3. The van der Waals surface area contributed by atoms with E-state index in [2.05, 4.69) is 5.32 Å². The number of para-hydroxylation sites is 2. The van der Waals surface area contributed by atoms with Gasteiger partial charge < -0.3 is 15.1 Å². The minimum Gasteiger partial charge on any atom is -0.336 e. The van der Waals surface area contributed by atoms with E-state index in [0.717, 1.165) is 18.5 Å². The van der Waals surface area contributed by atoms with Gasteiger partial charge in [-0.05, 0) is 49.8 Å². The Hall–Kier alpha value is -2.92. The first kappa shape index (κ1) is 18.4. The van der Waals surface area contributed by atoms with Gasteiger partial charge in [0.15, 0.2) is 0 Å². The predicted molar refractivity (Wildman–Crippen MR) is 109 cm³/mol. The Morgan fingerprint density at radius 3 is 2.25 bits per heavy atom. The van der Waals surface area contributed by atoms with Gasteiger partial charge >= 0.3 is 0 Å². The molecule has 3 aromatic rings. The lowest BCUT2D eigenvalue weighted by atomic mass is 10.0. The molecule has 0 saturated heterocycles. The fourth-order valence-corrected chi connectivity index (χ4v) is 3.70. The maximum Gasteiger partial charge on any atom is 0.148 e. The highest BCUT2D eigenvalue weighted by Gasteiger charge is 2.36. The van der Waals surface area contributed by atoms with Gasteiger partial charge in [-0.3, -0.25) is 0 Å². The summed E-state index contributed by atoms with van der Waals surface area (Å²) in [6, 6.07) is 21.4. The molecule has 1 atom stereocenters. The lowest BCUT2D eigenvalue weighted by Gasteiger charge is -2.30. The van der Waals surface area contributed by atoms with Crippen LogP contribution in [-0.2, 0) is 0 Å². The monoisotopic (exact) mass is 378 g/mol. The van der Waals surface area contributed by atoms with Crippen molar-refractivity contribution < 1.29 is 8.78 Å². The van der Waals surface area contributed by atoms with Gasteiger partial charge in [-0.25, -0.2) is 8.78 Å². The highest BCUT2D eigenvalue weighted by molar-refractivity contribution is 5.85. The van der Waals surface area contributed by atoms with Gasteiger partial charge in [-0.15, -0.1) is 0 Å². The highest BCUT2D eigenvalue weighted by atomic mass is 19.1. The van der Waals surface area contributed by atoms with E-state index in [1.807, 2.05) is 48.3 Å². The summed E-state index contributed by atoms with van der Waals surface area (Å²) in [7, 11) is 1.90. The third-order valence-corrected chi connectivity index (χ3v) is 5.02. The first-order valence-electron chi connectivity index (χ1n) is 9.36. The predicted octanol–water partition coefficient (Wildman–Crippen LogP) is 5.39. The summed E-state index contributed by atoms with van der Waals surface area (Å²) in [5.74, 6) is -0.666. The van der Waals surface area contributed by atoms with Crippen molar-refractivity contribution in [2.24, 2.45) is 0 Å². The van der Waals surface area contributed by atoms with Crippen molar-refractivity contribution in [2.75, 3.05) is 23.4 Å². The Kier molecular flexibility index (Phi) is 5.26. The smallest absolute Gasteiger partial charge is 0.148 e. The molecule has 1 aliphatic heterocycles. The topological polar surface area (TPSA) is 18.5 Å². The van der Waals surface area contributed by atoms with Crippen LogP contribution in [-0.4, -0.2) is 13.6 Å². The third-order valence-electron chi connectivity index (χ3n) is 5.02. The van der Waals surface area contributed by atoms with Crippen LogP contribution in [0.3, 0.4) is 0 Å². The molecule has 1 radical (unpaired) electrons. The van der Waals surface area contributed by atoms with Gasteiger partial charge in [0, 0.05) is 0 Å². The molecule has 0 bridgehead atoms. The van der Waals surface area contributed by atoms with Gasteiger partial charge in [0.2, 0.25) is 0 Å². The molecule has 4 rings (SSSR count). The largest absolute Gasteiger partial charge is 0.336 e. The van der Waals surface area contributed by atoms with Crippen LogP contribution in [0.15, 0.2) is 72.8 Å². The van der Waals surface area contributed by atoms with Gasteiger partial charge in [-0.1, -0.05) is 48.5 Å². The summed E-state index contributed by atoms with van der Waals surface area (Å²) in [6.07, 6.45) is 0.774. The molecule has 0 aromatic heterocycles. The average molecular weight is 378 g/mol. The molecule has 3 nitrogen and oxygen atoms in total. The van der Waals surface area contributed by atoms with E-state index in [0.29, 0.717) is 17.1 Å². The average Bonchev–Trinajstić information content (AvgIpc) is 3.10. The molecule has 1 N–H and O–H groups in total. The van der Waals surface area contributed by atoms with Gasteiger partial charge in [0.05, 0.1) is 23.1 Å². The zero-order valence-corrected chi connectivity index (χ0v) is 15.6. The highest BCUT2D eigenvalue weighted by Crippen LogP contribution is 2.48. The Bertz CT molecular complexity index is 946. The molecule has 0 fully saturated rings. The quantitative estimate of drug-likeness (QED) is 0.620. The summed E-state index contributed by atoms with van der Waals surface area (Å²) in [6.45, 7) is 2.58. The van der Waals surface area contributed by atoms with Gasteiger partial charge in [0.1, 0.15) is 18.3 Å². The molecule has 1 aliphatic rings. The molecule has 143 valence electrons. The van der Waals surface area contributed by atoms with Crippen LogP contribution in [0.25, 0.3) is 0 Å². The lowest BCUT2D eigenvalue weighted by molar-refractivity contribution is 0.570. The SMILES string of the molecule is CNCCC(c1ccccc1)N1[CH]N(c2ccccc2F)c2cccc(F)c21. The van der Waals surface area contributed by atoms with E-state index in [1.165, 1.54) is 12.1 Å². The Morgan fingerprint density at radius 1 is 0.821 bits per heavy atom. The number of fused-ring (bicyclic) bond motifs is 1. The minimum absolute atomic E-state index is 0.0823. The zero-order valence-electron chi connectivity index (χ0n) is 15.6. The minimum atomic E-state index is -0.345. The third kappa shape index (κ3) is 3.34. The summed E-state index contributed by atoms with van der Waals surface area (Å²) < 4.78 is 29.4. The molecule has 28 heavy (non-hydrogen) atoms.